The summed E-state index contributed by atoms with van der Waals surface area (Å²) in [7, 11) is 3.29. The molecule has 274 valence electrons. The van der Waals surface area contributed by atoms with Crippen LogP contribution < -0.4 is 5.32 Å². The fourth-order valence-electron chi connectivity index (χ4n) is 6.06. The zero-order valence-electron chi connectivity index (χ0n) is 30.1. The van der Waals surface area contributed by atoms with Crippen molar-refractivity contribution in [3.05, 3.63) is 125 Å². The number of nitrogens with zero attached hydrogens (tertiary/aromatic N) is 1. The van der Waals surface area contributed by atoms with Crippen LogP contribution in [0.1, 0.15) is 67.1 Å². The first-order chi connectivity index (χ1) is 24.8. The Morgan fingerprint density at radius 3 is 2.21 bits per heavy atom. The minimum atomic E-state index is -1.38. The van der Waals surface area contributed by atoms with Gasteiger partial charge in [0.2, 0.25) is 17.6 Å². The second kappa shape index (κ2) is 16.5. The lowest BCUT2D eigenvalue weighted by molar-refractivity contribution is -0.157. The van der Waals surface area contributed by atoms with E-state index in [0.717, 1.165) is 0 Å². The lowest BCUT2D eigenvalue weighted by Crippen LogP contribution is -2.45. The fraction of sp³-hybridized carbons (Fsp3) is 0.366. The van der Waals surface area contributed by atoms with Crippen LogP contribution in [0.4, 0.5) is 0 Å². The van der Waals surface area contributed by atoms with E-state index >= 15 is 0 Å². The summed E-state index contributed by atoms with van der Waals surface area (Å²) in [6, 6.07) is 24.8. The number of likely N-dealkylation sites (N-methyl/N-ethyl adjacent to an activating group) is 1. The Hall–Kier alpha value is -5.10. The number of carbonyl (C=O) groups is 4. The van der Waals surface area contributed by atoms with Crippen LogP contribution in [0.25, 0.3) is 6.08 Å². The number of benzene rings is 3. The SMILES string of the molecule is CN(C)C(=O)C=Cc1cccc(C(=O)O[C@@H]2CC(C(=O)N[C@H](CO)CCC(=O)OC(C)(C)C)=C[C@H]3OC(c4ccccc4)(c4ccccc4)O[C@H]32)c1. The van der Waals surface area contributed by atoms with Gasteiger partial charge in [0, 0.05) is 49.7 Å². The third kappa shape index (κ3) is 9.41. The van der Waals surface area contributed by atoms with Crippen molar-refractivity contribution < 1.29 is 43.2 Å². The van der Waals surface area contributed by atoms with Gasteiger partial charge in [-0.05, 0) is 57.0 Å². The molecule has 1 aliphatic heterocycles. The van der Waals surface area contributed by atoms with E-state index < -0.39 is 60.2 Å². The third-order valence-corrected chi connectivity index (χ3v) is 8.59. The molecule has 0 unspecified atom stereocenters. The van der Waals surface area contributed by atoms with Gasteiger partial charge in [-0.3, -0.25) is 14.4 Å². The number of fused-ring (bicyclic) bond motifs is 1. The molecule has 52 heavy (non-hydrogen) atoms. The second-order valence-electron chi connectivity index (χ2n) is 14.0. The lowest BCUT2D eigenvalue weighted by atomic mass is 9.91. The van der Waals surface area contributed by atoms with Crippen molar-refractivity contribution in [3.8, 4) is 0 Å². The van der Waals surface area contributed by atoms with Crippen molar-refractivity contribution in [3.63, 3.8) is 0 Å². The number of esters is 2. The Morgan fingerprint density at radius 2 is 1.62 bits per heavy atom. The van der Waals surface area contributed by atoms with E-state index in [-0.39, 0.29) is 36.3 Å². The van der Waals surface area contributed by atoms with Crippen LogP contribution >= 0.6 is 0 Å². The van der Waals surface area contributed by atoms with Crippen LogP contribution in [0.2, 0.25) is 0 Å². The largest absolute Gasteiger partial charge is 0.460 e. The number of carbonyl (C=O) groups excluding carboxylic acids is 4. The molecule has 1 heterocycles. The summed E-state index contributed by atoms with van der Waals surface area (Å²) < 4.78 is 25.1. The average Bonchev–Trinajstić information content (AvgIpc) is 3.53. The van der Waals surface area contributed by atoms with Crippen LogP contribution in [0.15, 0.2) is 103 Å². The Morgan fingerprint density at radius 1 is 0.962 bits per heavy atom. The first-order valence-electron chi connectivity index (χ1n) is 17.3. The summed E-state index contributed by atoms with van der Waals surface area (Å²) in [5, 5.41) is 12.9. The zero-order valence-corrected chi connectivity index (χ0v) is 30.1. The number of aliphatic hydroxyl groups is 1. The molecule has 1 saturated heterocycles. The monoisotopic (exact) mass is 710 g/mol. The average molecular weight is 711 g/mol. The van der Waals surface area contributed by atoms with E-state index in [1.54, 1.807) is 71.3 Å². The number of rotatable bonds is 12. The quantitative estimate of drug-likeness (QED) is 0.198. The maximum atomic E-state index is 13.8. The topological polar surface area (TPSA) is 141 Å². The van der Waals surface area contributed by atoms with Crippen molar-refractivity contribution in [1.82, 2.24) is 10.2 Å². The van der Waals surface area contributed by atoms with Gasteiger partial charge in [0.25, 0.3) is 0 Å². The summed E-state index contributed by atoms with van der Waals surface area (Å²) >= 11 is 0. The lowest BCUT2D eigenvalue weighted by Gasteiger charge is -2.31. The van der Waals surface area contributed by atoms with Crippen LogP contribution in [0, 0.1) is 0 Å². The maximum Gasteiger partial charge on any atom is 0.338 e. The molecule has 11 heteroatoms. The van der Waals surface area contributed by atoms with Crippen molar-refractivity contribution in [2.45, 2.75) is 75.8 Å². The van der Waals surface area contributed by atoms with Gasteiger partial charge in [-0.25, -0.2) is 4.79 Å². The van der Waals surface area contributed by atoms with E-state index in [2.05, 4.69) is 5.32 Å². The molecule has 1 aliphatic carbocycles. The van der Waals surface area contributed by atoms with Crippen molar-refractivity contribution >= 4 is 29.8 Å². The van der Waals surface area contributed by atoms with Crippen LogP contribution in [0.5, 0.6) is 0 Å². The number of nitrogens with one attached hydrogen (secondary N) is 1. The summed E-state index contributed by atoms with van der Waals surface area (Å²) in [6.45, 7) is 4.90. The van der Waals surface area contributed by atoms with Gasteiger partial charge in [0.15, 0.2) is 0 Å². The van der Waals surface area contributed by atoms with Crippen LogP contribution in [0.3, 0.4) is 0 Å². The van der Waals surface area contributed by atoms with Gasteiger partial charge in [0.05, 0.1) is 18.2 Å². The highest BCUT2D eigenvalue weighted by atomic mass is 16.8. The van der Waals surface area contributed by atoms with Crippen LogP contribution in [-0.4, -0.2) is 84.4 Å². The first-order valence-corrected chi connectivity index (χ1v) is 17.3. The number of amides is 2. The molecule has 0 aromatic heterocycles. The normalized spacial score (nSPS) is 20.0. The number of hydrogen-bond acceptors (Lipinski definition) is 9. The van der Waals surface area contributed by atoms with E-state index in [1.165, 1.54) is 11.0 Å². The maximum absolute atomic E-state index is 13.8. The predicted molar refractivity (Wildman–Crippen MR) is 194 cm³/mol. The van der Waals surface area contributed by atoms with Gasteiger partial charge < -0.3 is 34.3 Å². The number of ether oxygens (including phenoxy) is 4. The van der Waals surface area contributed by atoms with E-state index in [9.17, 15) is 24.3 Å². The Labute approximate surface area is 304 Å². The Bertz CT molecular complexity index is 1760. The fourth-order valence-corrected chi connectivity index (χ4v) is 6.06. The Balaban J connectivity index is 1.43. The zero-order chi connectivity index (χ0) is 37.5. The van der Waals surface area contributed by atoms with Gasteiger partial charge in [-0.15, -0.1) is 0 Å². The Kier molecular flexibility index (Phi) is 12.1. The minimum Gasteiger partial charge on any atom is -0.460 e. The summed E-state index contributed by atoms with van der Waals surface area (Å²) in [6.07, 6.45) is 2.27. The molecule has 0 spiro atoms. The molecule has 11 nitrogen and oxygen atoms in total. The molecule has 2 aliphatic rings. The molecule has 2 N–H and O–H groups in total. The molecule has 3 aromatic carbocycles. The molecule has 0 radical (unpaired) electrons. The highest BCUT2D eigenvalue weighted by Crippen LogP contribution is 2.47. The summed E-state index contributed by atoms with van der Waals surface area (Å²) in [4.78, 5) is 53.4. The predicted octanol–water partition coefficient (Wildman–Crippen LogP) is 4.93. The molecule has 3 aromatic rings. The third-order valence-electron chi connectivity index (χ3n) is 8.59. The smallest absolute Gasteiger partial charge is 0.338 e. The highest BCUT2D eigenvalue weighted by molar-refractivity contribution is 5.95. The molecular weight excluding hydrogens is 664 g/mol. The standard InChI is InChI=1S/C41H46N2O9/c1-40(2,3)51-36(46)22-20-32(26-44)42-38(47)29-24-33(49-39(48)28-14-12-13-27(23-28)19-21-35(45)43(4)5)37-34(25-29)50-41(52-37,30-15-8-6-9-16-30)31-17-10-7-11-18-31/h6-19,21,23,25,32-34,37,44H,20,22,24,26H2,1-5H3,(H,42,47)/t32-,33+,34+,37-/m0/s1. The molecule has 0 bridgehead atoms. The summed E-state index contributed by atoms with van der Waals surface area (Å²) in [5.41, 5.74) is 1.92. The van der Waals surface area contributed by atoms with Gasteiger partial charge in [0.1, 0.15) is 23.9 Å². The highest BCUT2D eigenvalue weighted by Gasteiger charge is 2.55. The number of hydrogen-bond donors (Lipinski definition) is 2. The molecule has 0 saturated carbocycles. The van der Waals surface area contributed by atoms with Crippen molar-refractivity contribution in [2.75, 3.05) is 20.7 Å². The van der Waals surface area contributed by atoms with Gasteiger partial charge >= 0.3 is 11.9 Å². The molecule has 5 rings (SSSR count). The minimum absolute atomic E-state index is 0.00204. The second-order valence-corrected chi connectivity index (χ2v) is 14.0. The number of aliphatic hydroxyl groups excluding tert-OH is 1. The van der Waals surface area contributed by atoms with Crippen molar-refractivity contribution in [2.24, 2.45) is 0 Å². The first kappa shape index (κ1) is 38.1. The molecule has 4 atom stereocenters. The van der Waals surface area contributed by atoms with E-state index in [1.807, 2.05) is 60.7 Å². The molecular formula is C41H46N2O9. The van der Waals surface area contributed by atoms with Gasteiger partial charge in [-0.2, -0.15) is 0 Å². The van der Waals surface area contributed by atoms with Crippen molar-refractivity contribution in [1.29, 1.82) is 0 Å². The van der Waals surface area contributed by atoms with Gasteiger partial charge in [-0.1, -0.05) is 72.8 Å². The van der Waals surface area contributed by atoms with Crippen LogP contribution in [-0.2, 0) is 39.1 Å². The summed E-state index contributed by atoms with van der Waals surface area (Å²) in [5.74, 6) is -3.17. The molecule has 1 fully saturated rings. The van der Waals surface area contributed by atoms with E-state index in [4.69, 9.17) is 18.9 Å². The molecule has 2 amide bonds. The van der Waals surface area contributed by atoms with E-state index in [0.29, 0.717) is 16.7 Å².